The van der Waals surface area contributed by atoms with Crippen LogP contribution in [0.5, 0.6) is 6.08 Å². The number of imide groups is 1. The van der Waals surface area contributed by atoms with Crippen LogP contribution in [-0.4, -0.2) is 40.0 Å². The van der Waals surface area contributed by atoms with E-state index < -0.39 is 0 Å². The van der Waals surface area contributed by atoms with Crippen molar-refractivity contribution in [1.29, 1.82) is 0 Å². The molecule has 8 heteroatoms. The number of nitrogens with zero attached hydrogens (tertiary/aromatic N) is 3. The minimum Gasteiger partial charge on any atom is -0.447 e. The molecule has 1 aliphatic heterocycles. The van der Waals surface area contributed by atoms with E-state index in [2.05, 4.69) is 10.1 Å². The highest BCUT2D eigenvalue weighted by molar-refractivity contribution is 6.33. The Hall–Kier alpha value is -3.19. The van der Waals surface area contributed by atoms with Gasteiger partial charge in [0.05, 0.1) is 22.7 Å². The lowest BCUT2D eigenvalue weighted by molar-refractivity contribution is 0.0618. The van der Waals surface area contributed by atoms with Crippen LogP contribution in [0.2, 0.25) is 5.02 Å². The predicted octanol–water partition coefficient (Wildman–Crippen LogP) is 3.07. The molecule has 130 valence electrons. The summed E-state index contributed by atoms with van der Waals surface area (Å²) in [6, 6.07) is 13.8. The number of rotatable bonds is 5. The molecule has 0 saturated heterocycles. The lowest BCUT2D eigenvalue weighted by Gasteiger charge is -2.12. The van der Waals surface area contributed by atoms with E-state index in [1.807, 2.05) is 0 Å². The lowest BCUT2D eigenvalue weighted by atomic mass is 10.1. The summed E-state index contributed by atoms with van der Waals surface area (Å²) in [4.78, 5) is 29.8. The lowest BCUT2D eigenvalue weighted by Crippen LogP contribution is -2.33. The van der Waals surface area contributed by atoms with Crippen LogP contribution in [0.3, 0.4) is 0 Å². The Morgan fingerprint density at radius 1 is 0.962 bits per heavy atom. The first-order chi connectivity index (χ1) is 12.6. The molecular formula is C18H12ClN3O4. The zero-order valence-corrected chi connectivity index (χ0v) is 14.1. The highest BCUT2D eigenvalue weighted by atomic mass is 35.5. The monoisotopic (exact) mass is 369 g/mol. The summed E-state index contributed by atoms with van der Waals surface area (Å²) in [5, 5.41) is 4.31. The Kier molecular flexibility index (Phi) is 4.14. The number of carbonyl (C=O) groups is 2. The predicted molar refractivity (Wildman–Crippen MR) is 92.0 cm³/mol. The molecule has 0 radical (unpaired) electrons. The fourth-order valence-electron chi connectivity index (χ4n) is 2.69. The summed E-state index contributed by atoms with van der Waals surface area (Å²) < 4.78 is 10.4. The number of aromatic nitrogens is 2. The number of carbonyl (C=O) groups excluding carboxylic acids is 2. The van der Waals surface area contributed by atoms with Crippen molar-refractivity contribution < 1.29 is 18.8 Å². The highest BCUT2D eigenvalue weighted by Gasteiger charge is 2.34. The second kappa shape index (κ2) is 6.61. The number of ether oxygens (including phenoxy) is 1. The first-order valence-electron chi connectivity index (χ1n) is 7.82. The first kappa shape index (κ1) is 16.3. The van der Waals surface area contributed by atoms with Crippen molar-refractivity contribution in [2.45, 2.75) is 0 Å². The van der Waals surface area contributed by atoms with Crippen LogP contribution in [-0.2, 0) is 0 Å². The van der Waals surface area contributed by atoms with Crippen molar-refractivity contribution in [3.8, 4) is 17.5 Å². The minimum atomic E-state index is -0.337. The van der Waals surface area contributed by atoms with Crippen LogP contribution < -0.4 is 4.74 Å². The smallest absolute Gasteiger partial charge is 0.417 e. The van der Waals surface area contributed by atoms with E-state index in [-0.39, 0.29) is 31.0 Å². The minimum absolute atomic E-state index is 0.0373. The molecular weight excluding hydrogens is 358 g/mol. The van der Waals surface area contributed by atoms with Gasteiger partial charge in [0.25, 0.3) is 11.8 Å². The fraction of sp³-hybridized carbons (Fsp3) is 0.111. The third-order valence-electron chi connectivity index (χ3n) is 3.94. The summed E-state index contributed by atoms with van der Waals surface area (Å²) in [7, 11) is 0. The summed E-state index contributed by atoms with van der Waals surface area (Å²) in [5.74, 6) is -0.376. The molecule has 0 bridgehead atoms. The second-order valence-electron chi connectivity index (χ2n) is 5.52. The molecule has 0 saturated carbocycles. The van der Waals surface area contributed by atoms with Crippen LogP contribution in [0, 0.1) is 0 Å². The van der Waals surface area contributed by atoms with Crippen molar-refractivity contribution in [3.63, 3.8) is 0 Å². The van der Waals surface area contributed by atoms with Crippen molar-refractivity contribution in [2.75, 3.05) is 13.2 Å². The number of amides is 2. The largest absolute Gasteiger partial charge is 0.447 e. The molecule has 26 heavy (non-hydrogen) atoms. The Morgan fingerprint density at radius 2 is 1.58 bits per heavy atom. The van der Waals surface area contributed by atoms with E-state index in [0.29, 0.717) is 27.5 Å². The normalized spacial score (nSPS) is 13.2. The second-order valence-corrected chi connectivity index (χ2v) is 5.93. The van der Waals surface area contributed by atoms with Crippen molar-refractivity contribution in [3.05, 3.63) is 64.7 Å². The van der Waals surface area contributed by atoms with E-state index in [4.69, 9.17) is 20.9 Å². The molecule has 2 amide bonds. The maximum Gasteiger partial charge on any atom is 0.417 e. The van der Waals surface area contributed by atoms with Gasteiger partial charge in [-0.05, 0) is 24.3 Å². The van der Waals surface area contributed by atoms with Crippen LogP contribution >= 0.6 is 11.6 Å². The van der Waals surface area contributed by atoms with Gasteiger partial charge < -0.3 is 4.74 Å². The van der Waals surface area contributed by atoms with Crippen LogP contribution in [0.1, 0.15) is 20.7 Å². The molecule has 2 heterocycles. The molecule has 0 atom stereocenters. The molecule has 0 spiro atoms. The number of hydrogen-bond donors (Lipinski definition) is 0. The SMILES string of the molecule is O=C1c2ccccc2C(=O)N1CCOc1nc(-c2ccccc2Cl)no1. The van der Waals surface area contributed by atoms with Gasteiger partial charge in [-0.1, -0.05) is 41.0 Å². The standard InChI is InChI=1S/C18H12ClN3O4/c19-14-8-4-3-7-13(14)15-20-18(26-21-15)25-10-9-22-16(23)11-5-1-2-6-12(11)17(22)24/h1-8H,9-10H2. The molecule has 4 rings (SSSR count). The summed E-state index contributed by atoms with van der Waals surface area (Å²) in [6.07, 6.45) is -0.0588. The topological polar surface area (TPSA) is 85.5 Å². The van der Waals surface area contributed by atoms with E-state index in [9.17, 15) is 9.59 Å². The fourth-order valence-corrected chi connectivity index (χ4v) is 2.91. The number of benzene rings is 2. The zero-order chi connectivity index (χ0) is 18.1. The van der Waals surface area contributed by atoms with Gasteiger partial charge in [0.15, 0.2) is 0 Å². The maximum atomic E-state index is 12.3. The third-order valence-corrected chi connectivity index (χ3v) is 4.27. The molecule has 7 nitrogen and oxygen atoms in total. The summed E-state index contributed by atoms with van der Waals surface area (Å²) in [6.45, 7) is 0.117. The molecule has 2 aromatic carbocycles. The van der Waals surface area contributed by atoms with Gasteiger partial charge in [-0.25, -0.2) is 0 Å². The average Bonchev–Trinajstić information content (AvgIpc) is 3.21. The molecule has 0 N–H and O–H groups in total. The molecule has 0 aliphatic carbocycles. The molecule has 1 aromatic heterocycles. The van der Waals surface area contributed by atoms with Crippen molar-refractivity contribution in [2.24, 2.45) is 0 Å². The van der Waals surface area contributed by atoms with Crippen LogP contribution in [0.15, 0.2) is 53.1 Å². The molecule has 0 fully saturated rings. The Morgan fingerprint density at radius 3 is 2.23 bits per heavy atom. The van der Waals surface area contributed by atoms with Gasteiger partial charge >= 0.3 is 6.08 Å². The summed E-state index contributed by atoms with van der Waals surface area (Å²) in [5.41, 5.74) is 1.42. The van der Waals surface area contributed by atoms with Gasteiger partial charge in [-0.2, -0.15) is 4.98 Å². The van der Waals surface area contributed by atoms with Gasteiger partial charge in [0.2, 0.25) is 5.82 Å². The van der Waals surface area contributed by atoms with Gasteiger partial charge in [-0.15, -0.1) is 0 Å². The third kappa shape index (κ3) is 2.82. The number of hydrogen-bond acceptors (Lipinski definition) is 6. The highest BCUT2D eigenvalue weighted by Crippen LogP contribution is 2.26. The quantitative estimate of drug-likeness (QED) is 0.642. The van der Waals surface area contributed by atoms with Gasteiger partial charge in [0.1, 0.15) is 6.61 Å². The van der Waals surface area contributed by atoms with Gasteiger partial charge in [0, 0.05) is 5.56 Å². The van der Waals surface area contributed by atoms with E-state index in [1.54, 1.807) is 48.5 Å². The van der Waals surface area contributed by atoms with Crippen LogP contribution in [0.4, 0.5) is 0 Å². The van der Waals surface area contributed by atoms with E-state index in [1.165, 1.54) is 0 Å². The van der Waals surface area contributed by atoms with E-state index >= 15 is 0 Å². The molecule has 1 aliphatic rings. The number of halogens is 1. The summed E-state index contributed by atoms with van der Waals surface area (Å²) >= 11 is 6.09. The van der Waals surface area contributed by atoms with Crippen molar-refractivity contribution in [1.82, 2.24) is 15.0 Å². The Bertz CT molecular complexity index is 966. The first-order valence-corrected chi connectivity index (χ1v) is 8.19. The number of fused-ring (bicyclic) bond motifs is 1. The average molecular weight is 370 g/mol. The maximum absolute atomic E-state index is 12.3. The van der Waals surface area contributed by atoms with Crippen LogP contribution in [0.25, 0.3) is 11.4 Å². The molecule has 0 unspecified atom stereocenters. The zero-order valence-electron chi connectivity index (χ0n) is 13.4. The Balaban J connectivity index is 1.40. The Labute approximate surface area is 153 Å². The van der Waals surface area contributed by atoms with Crippen molar-refractivity contribution >= 4 is 23.4 Å². The van der Waals surface area contributed by atoms with E-state index in [0.717, 1.165) is 4.90 Å². The molecule has 3 aromatic rings. The van der Waals surface area contributed by atoms with Gasteiger partial charge in [-0.3, -0.25) is 19.0 Å².